The molecule has 250 valence electrons. The topological polar surface area (TPSA) is 212 Å². The summed E-state index contributed by atoms with van der Waals surface area (Å²) in [6.07, 6.45) is 2.86. The van der Waals surface area contributed by atoms with E-state index in [-0.39, 0.29) is 36.6 Å². The van der Waals surface area contributed by atoms with E-state index in [1.165, 1.54) is 6.07 Å². The molecule has 0 aliphatic carbocycles. The van der Waals surface area contributed by atoms with E-state index < -0.39 is 54.1 Å². The Morgan fingerprint density at radius 1 is 0.935 bits per heavy atom. The third-order valence-corrected chi connectivity index (χ3v) is 7.26. The summed E-state index contributed by atoms with van der Waals surface area (Å²) in [7, 11) is 0. The van der Waals surface area contributed by atoms with Gasteiger partial charge in [0, 0.05) is 5.56 Å². The van der Waals surface area contributed by atoms with Crippen LogP contribution in [0.4, 0.5) is 0 Å². The number of ether oxygens (including phenoxy) is 1. The zero-order valence-electron chi connectivity index (χ0n) is 26.2. The number of amides is 4. The summed E-state index contributed by atoms with van der Waals surface area (Å²) in [5, 5.41) is 36.3. The molecule has 0 bridgehead atoms. The molecule has 0 radical (unpaired) electrons. The molecule has 2 aromatic carbocycles. The van der Waals surface area contributed by atoms with Gasteiger partial charge in [0.25, 0.3) is 11.8 Å². The molecule has 2 rings (SSSR count). The van der Waals surface area contributed by atoms with Crippen molar-refractivity contribution in [3.05, 3.63) is 53.6 Å². The normalized spacial score (nSPS) is 12.6. The van der Waals surface area contributed by atoms with E-state index >= 15 is 0 Å². The summed E-state index contributed by atoms with van der Waals surface area (Å²) in [5.74, 6) is -5.12. The number of hydrogen-bond donors (Lipinski definition) is 6. The Labute approximate surface area is 267 Å². The summed E-state index contributed by atoms with van der Waals surface area (Å²) in [6, 6.07) is 8.76. The van der Waals surface area contributed by atoms with Gasteiger partial charge in [-0.15, -0.1) is 0 Å². The number of nitrogens with one attached hydrogen (secondary N) is 3. The van der Waals surface area contributed by atoms with Crippen molar-refractivity contribution in [2.24, 2.45) is 5.92 Å². The fourth-order valence-electron chi connectivity index (χ4n) is 4.91. The number of carbonyl (C=O) groups is 6. The standard InChI is InChI=1S/C32H42N4O10/c1-4-7-8-12-23(26(5-2)36(45)19-37)30(41)34-18-33-29(40)22-11-9-10-20(15-22)21-13-14-24(27(16-21)46-6-3)31(42)35-25(32(43)44)17-28(38)39/h9-11,13-16,19,23,25-26,45H,4-8,12,17-18H2,1-3H3,(H,33,40)(H,34,41)(H,35,42)(H,38,39)(H,43,44)/t23-,25+,26-/m1/s1. The number of benzene rings is 2. The first-order chi connectivity index (χ1) is 22.0. The van der Waals surface area contributed by atoms with Crippen molar-refractivity contribution in [3.8, 4) is 16.9 Å². The number of unbranched alkanes of at least 4 members (excludes halogenated alkanes) is 2. The van der Waals surface area contributed by atoms with Gasteiger partial charge in [0.15, 0.2) is 0 Å². The van der Waals surface area contributed by atoms with Crippen LogP contribution < -0.4 is 20.7 Å². The maximum absolute atomic E-state index is 13.0. The van der Waals surface area contributed by atoms with Crippen molar-refractivity contribution >= 4 is 36.1 Å². The molecule has 46 heavy (non-hydrogen) atoms. The van der Waals surface area contributed by atoms with Crippen LogP contribution in [0.1, 0.15) is 80.0 Å². The summed E-state index contributed by atoms with van der Waals surface area (Å²) in [6.45, 7) is 5.48. The summed E-state index contributed by atoms with van der Waals surface area (Å²) < 4.78 is 5.61. The second-order valence-electron chi connectivity index (χ2n) is 10.5. The summed E-state index contributed by atoms with van der Waals surface area (Å²) in [5.41, 5.74) is 1.45. The van der Waals surface area contributed by atoms with Crippen LogP contribution >= 0.6 is 0 Å². The number of nitrogens with zero attached hydrogens (tertiary/aromatic N) is 1. The van der Waals surface area contributed by atoms with Crippen molar-refractivity contribution < 1.29 is 48.9 Å². The van der Waals surface area contributed by atoms with Crippen molar-refractivity contribution in [2.45, 2.75) is 71.4 Å². The SMILES string of the molecule is CCCCC[C@@H](C(=O)NCNC(=O)c1cccc(-c2ccc(C(=O)N[C@@H](CC(=O)O)C(=O)O)c(OCC)c2)c1)[C@@H](CC)N(O)C=O. The molecule has 3 atom stereocenters. The first kappa shape index (κ1) is 37.2. The Bertz CT molecular complexity index is 1380. The zero-order chi connectivity index (χ0) is 34.2. The lowest BCUT2D eigenvalue weighted by molar-refractivity contribution is -0.168. The van der Waals surface area contributed by atoms with Crippen LogP contribution in [-0.4, -0.2) is 81.9 Å². The first-order valence-electron chi connectivity index (χ1n) is 15.1. The van der Waals surface area contributed by atoms with Crippen LogP contribution in [0.25, 0.3) is 11.1 Å². The van der Waals surface area contributed by atoms with Gasteiger partial charge in [-0.05, 0) is 55.2 Å². The predicted molar refractivity (Wildman–Crippen MR) is 166 cm³/mol. The third kappa shape index (κ3) is 10.9. The molecule has 0 aliphatic heterocycles. The molecule has 0 unspecified atom stereocenters. The molecule has 0 saturated carbocycles. The number of hydroxylamine groups is 2. The largest absolute Gasteiger partial charge is 0.493 e. The molecule has 6 N–H and O–H groups in total. The van der Waals surface area contributed by atoms with E-state index in [2.05, 4.69) is 16.0 Å². The molecular weight excluding hydrogens is 600 g/mol. The smallest absolute Gasteiger partial charge is 0.326 e. The average Bonchev–Trinajstić information content (AvgIpc) is 3.03. The van der Waals surface area contributed by atoms with E-state index in [0.29, 0.717) is 29.0 Å². The molecule has 0 aromatic heterocycles. The molecule has 14 heteroatoms. The number of carbonyl (C=O) groups excluding carboxylic acids is 4. The van der Waals surface area contributed by atoms with Gasteiger partial charge in [-0.3, -0.25) is 29.2 Å². The zero-order valence-corrected chi connectivity index (χ0v) is 26.2. The van der Waals surface area contributed by atoms with Gasteiger partial charge in [0.05, 0.1) is 37.2 Å². The lowest BCUT2D eigenvalue weighted by Gasteiger charge is -2.29. The number of carboxylic acid groups (broad SMARTS) is 2. The van der Waals surface area contributed by atoms with Gasteiger partial charge in [-0.25, -0.2) is 9.86 Å². The van der Waals surface area contributed by atoms with Crippen LogP contribution in [0.3, 0.4) is 0 Å². The number of rotatable bonds is 20. The second kappa shape index (κ2) is 18.7. The molecule has 0 saturated heterocycles. The lowest BCUT2D eigenvalue weighted by atomic mass is 9.90. The third-order valence-electron chi connectivity index (χ3n) is 7.26. The molecule has 0 spiro atoms. The molecule has 2 aromatic rings. The molecule has 0 aliphatic rings. The van der Waals surface area contributed by atoms with Crippen LogP contribution in [-0.2, 0) is 19.2 Å². The Hall–Kier alpha value is -4.98. The Morgan fingerprint density at radius 3 is 2.26 bits per heavy atom. The highest BCUT2D eigenvalue weighted by molar-refractivity contribution is 6.00. The first-order valence-corrected chi connectivity index (χ1v) is 15.1. The second-order valence-corrected chi connectivity index (χ2v) is 10.5. The summed E-state index contributed by atoms with van der Waals surface area (Å²) in [4.78, 5) is 72.4. The minimum atomic E-state index is -1.64. The van der Waals surface area contributed by atoms with Gasteiger partial charge in [0.1, 0.15) is 11.8 Å². The van der Waals surface area contributed by atoms with Crippen molar-refractivity contribution in [1.82, 2.24) is 21.0 Å². The maximum atomic E-state index is 13.0. The fourth-order valence-corrected chi connectivity index (χ4v) is 4.91. The van der Waals surface area contributed by atoms with Crippen LogP contribution in [0, 0.1) is 5.92 Å². The van der Waals surface area contributed by atoms with E-state index in [4.69, 9.17) is 9.84 Å². The number of carboxylic acids is 2. The maximum Gasteiger partial charge on any atom is 0.326 e. The molecule has 4 amide bonds. The van der Waals surface area contributed by atoms with Gasteiger partial charge in [-0.2, -0.15) is 0 Å². The van der Waals surface area contributed by atoms with Gasteiger partial charge in [0.2, 0.25) is 12.3 Å². The minimum absolute atomic E-state index is 0.00245. The lowest BCUT2D eigenvalue weighted by Crippen LogP contribution is -2.47. The minimum Gasteiger partial charge on any atom is -0.493 e. The van der Waals surface area contributed by atoms with E-state index in [1.807, 2.05) is 6.92 Å². The van der Waals surface area contributed by atoms with Crippen LogP contribution in [0.2, 0.25) is 0 Å². The quantitative estimate of drug-likeness (QED) is 0.0408. The Balaban J connectivity index is 2.17. The van der Waals surface area contributed by atoms with E-state index in [0.717, 1.165) is 19.3 Å². The predicted octanol–water partition coefficient (Wildman–Crippen LogP) is 3.04. The summed E-state index contributed by atoms with van der Waals surface area (Å²) >= 11 is 0. The fraction of sp³-hybridized carbons (Fsp3) is 0.438. The number of hydrogen-bond acceptors (Lipinski definition) is 8. The highest BCUT2D eigenvalue weighted by Gasteiger charge is 2.30. The van der Waals surface area contributed by atoms with Crippen molar-refractivity contribution in [2.75, 3.05) is 13.3 Å². The highest BCUT2D eigenvalue weighted by atomic mass is 16.5. The highest BCUT2D eigenvalue weighted by Crippen LogP contribution is 2.28. The molecule has 0 fully saturated rings. The Morgan fingerprint density at radius 2 is 1.65 bits per heavy atom. The van der Waals surface area contributed by atoms with Gasteiger partial charge in [-0.1, -0.05) is 51.3 Å². The monoisotopic (exact) mass is 642 g/mol. The molecule has 14 nitrogen and oxygen atoms in total. The molecular formula is C32H42N4O10. The number of aliphatic carboxylic acids is 2. The van der Waals surface area contributed by atoms with Crippen LogP contribution in [0.15, 0.2) is 42.5 Å². The average molecular weight is 643 g/mol. The van der Waals surface area contributed by atoms with Crippen molar-refractivity contribution in [1.29, 1.82) is 0 Å². The molecule has 0 heterocycles. The van der Waals surface area contributed by atoms with E-state index in [1.54, 1.807) is 50.2 Å². The van der Waals surface area contributed by atoms with Gasteiger partial charge >= 0.3 is 11.9 Å². The Kier molecular flexibility index (Phi) is 15.2. The van der Waals surface area contributed by atoms with Crippen LogP contribution in [0.5, 0.6) is 5.75 Å². The van der Waals surface area contributed by atoms with E-state index in [9.17, 15) is 39.1 Å². The van der Waals surface area contributed by atoms with Crippen molar-refractivity contribution in [3.63, 3.8) is 0 Å². The van der Waals surface area contributed by atoms with Gasteiger partial charge < -0.3 is 30.9 Å².